The topological polar surface area (TPSA) is 27.8 Å². The van der Waals surface area contributed by atoms with Crippen molar-refractivity contribution >= 4 is 22.5 Å². The number of hydrogen-bond acceptors (Lipinski definition) is 1. The van der Waals surface area contributed by atoms with Gasteiger partial charge in [0.05, 0.1) is 0 Å². The van der Waals surface area contributed by atoms with E-state index in [1.807, 2.05) is 18.2 Å². The van der Waals surface area contributed by atoms with Gasteiger partial charge in [-0.25, -0.2) is 0 Å². The third-order valence-corrected chi connectivity index (χ3v) is 3.12. The van der Waals surface area contributed by atoms with Crippen molar-refractivity contribution in [3.8, 4) is 0 Å². The van der Waals surface area contributed by atoms with Crippen LogP contribution < -0.4 is 5.32 Å². The van der Waals surface area contributed by atoms with E-state index < -0.39 is 0 Å². The minimum atomic E-state index is 0.745. The summed E-state index contributed by atoms with van der Waals surface area (Å²) in [6, 6.07) is 6.71. The molecular weight excluding hydrogens is 208 g/mol. The highest BCUT2D eigenvalue weighted by Crippen LogP contribution is 2.24. The molecule has 0 bridgehead atoms. The minimum Gasteiger partial charge on any atom is -0.361 e. The van der Waals surface area contributed by atoms with E-state index in [-0.39, 0.29) is 0 Å². The molecule has 0 spiro atoms. The molecule has 0 radical (unpaired) electrons. The first-order valence-electron chi connectivity index (χ1n) is 5.32. The maximum absolute atomic E-state index is 5.99. The summed E-state index contributed by atoms with van der Waals surface area (Å²) >= 11 is 5.99. The quantitative estimate of drug-likeness (QED) is 0.818. The van der Waals surface area contributed by atoms with Crippen LogP contribution in [0.2, 0.25) is 5.02 Å². The number of rotatable bonds is 3. The van der Waals surface area contributed by atoms with Crippen LogP contribution in [0.15, 0.2) is 24.4 Å². The second kappa shape index (κ2) is 3.54. The molecule has 2 nitrogen and oxygen atoms in total. The minimum absolute atomic E-state index is 0.745. The van der Waals surface area contributed by atoms with Crippen LogP contribution in [-0.4, -0.2) is 11.0 Å². The molecule has 2 aromatic rings. The van der Waals surface area contributed by atoms with E-state index in [0.29, 0.717) is 0 Å². The van der Waals surface area contributed by atoms with E-state index in [4.69, 9.17) is 11.6 Å². The van der Waals surface area contributed by atoms with E-state index in [1.165, 1.54) is 23.8 Å². The van der Waals surface area contributed by atoms with Crippen molar-refractivity contribution in [2.24, 2.45) is 0 Å². The summed E-state index contributed by atoms with van der Waals surface area (Å²) in [4.78, 5) is 3.26. The number of H-pyrrole nitrogens is 1. The van der Waals surface area contributed by atoms with Crippen LogP contribution in [-0.2, 0) is 6.54 Å². The van der Waals surface area contributed by atoms with Crippen LogP contribution in [0.1, 0.15) is 18.4 Å². The Labute approximate surface area is 93.6 Å². The summed E-state index contributed by atoms with van der Waals surface area (Å²) in [6.07, 6.45) is 4.71. The van der Waals surface area contributed by atoms with Gasteiger partial charge in [0, 0.05) is 34.7 Å². The zero-order valence-electron chi connectivity index (χ0n) is 8.39. The van der Waals surface area contributed by atoms with Crippen LogP contribution >= 0.6 is 11.6 Å². The zero-order valence-corrected chi connectivity index (χ0v) is 9.14. The molecule has 0 amide bonds. The molecule has 0 unspecified atom stereocenters. The molecule has 3 heteroatoms. The average Bonchev–Trinajstić information content (AvgIpc) is 2.97. The number of aromatic amines is 1. The van der Waals surface area contributed by atoms with Gasteiger partial charge in [-0.1, -0.05) is 11.6 Å². The van der Waals surface area contributed by atoms with E-state index in [0.717, 1.165) is 23.1 Å². The average molecular weight is 221 g/mol. The Balaban J connectivity index is 1.91. The maximum atomic E-state index is 5.99. The van der Waals surface area contributed by atoms with Gasteiger partial charge in [-0.2, -0.15) is 0 Å². The Bertz CT molecular complexity index is 485. The van der Waals surface area contributed by atoms with E-state index in [9.17, 15) is 0 Å². The zero-order chi connectivity index (χ0) is 10.3. The Hall–Kier alpha value is -0.990. The van der Waals surface area contributed by atoms with Gasteiger partial charge >= 0.3 is 0 Å². The van der Waals surface area contributed by atoms with Crippen LogP contribution in [0.4, 0.5) is 0 Å². The van der Waals surface area contributed by atoms with Gasteiger partial charge in [0.25, 0.3) is 0 Å². The highest BCUT2D eigenvalue weighted by molar-refractivity contribution is 6.31. The van der Waals surface area contributed by atoms with Gasteiger partial charge in [-0.15, -0.1) is 0 Å². The lowest BCUT2D eigenvalue weighted by atomic mass is 10.2. The number of nitrogens with one attached hydrogen (secondary N) is 2. The molecule has 1 heterocycles. The van der Waals surface area contributed by atoms with Gasteiger partial charge in [0.15, 0.2) is 0 Å². The van der Waals surface area contributed by atoms with Crippen LogP contribution in [0.5, 0.6) is 0 Å². The molecular formula is C12H13ClN2. The summed E-state index contributed by atoms with van der Waals surface area (Å²) in [6.45, 7) is 0.936. The summed E-state index contributed by atoms with van der Waals surface area (Å²) in [5.74, 6) is 0. The number of fused-ring (bicyclic) bond motifs is 1. The molecule has 78 valence electrons. The lowest BCUT2D eigenvalue weighted by Crippen LogP contribution is -2.14. The van der Waals surface area contributed by atoms with Gasteiger partial charge < -0.3 is 10.3 Å². The SMILES string of the molecule is Clc1ccc2[nH]cc(CNC3CC3)c2c1. The molecule has 0 saturated heterocycles. The number of benzene rings is 1. The predicted molar refractivity (Wildman–Crippen MR) is 63.2 cm³/mol. The molecule has 1 saturated carbocycles. The Morgan fingerprint density at radius 3 is 3.07 bits per heavy atom. The molecule has 1 fully saturated rings. The molecule has 15 heavy (non-hydrogen) atoms. The third-order valence-electron chi connectivity index (χ3n) is 2.89. The molecule has 0 atom stereocenters. The predicted octanol–water partition coefficient (Wildman–Crippen LogP) is 3.07. The van der Waals surface area contributed by atoms with Crippen molar-refractivity contribution in [3.05, 3.63) is 35.0 Å². The van der Waals surface area contributed by atoms with Crippen LogP contribution in [0, 0.1) is 0 Å². The van der Waals surface area contributed by atoms with Crippen LogP contribution in [0.3, 0.4) is 0 Å². The summed E-state index contributed by atoms with van der Waals surface area (Å²) < 4.78 is 0. The summed E-state index contributed by atoms with van der Waals surface area (Å²) in [5.41, 5.74) is 2.46. The lowest BCUT2D eigenvalue weighted by molar-refractivity contribution is 0.691. The molecule has 2 N–H and O–H groups in total. The van der Waals surface area contributed by atoms with E-state index in [1.54, 1.807) is 0 Å². The van der Waals surface area contributed by atoms with Gasteiger partial charge in [0.2, 0.25) is 0 Å². The van der Waals surface area contributed by atoms with Crippen molar-refractivity contribution in [2.75, 3.05) is 0 Å². The second-order valence-corrected chi connectivity index (χ2v) is 4.60. The number of hydrogen-bond donors (Lipinski definition) is 2. The van der Waals surface area contributed by atoms with Crippen molar-refractivity contribution in [1.29, 1.82) is 0 Å². The lowest BCUT2D eigenvalue weighted by Gasteiger charge is -2.01. The molecule has 1 aromatic heterocycles. The normalized spacial score (nSPS) is 16.1. The maximum Gasteiger partial charge on any atom is 0.0458 e. The van der Waals surface area contributed by atoms with E-state index in [2.05, 4.69) is 16.5 Å². The van der Waals surface area contributed by atoms with E-state index >= 15 is 0 Å². The van der Waals surface area contributed by atoms with Crippen LogP contribution in [0.25, 0.3) is 10.9 Å². The smallest absolute Gasteiger partial charge is 0.0458 e. The van der Waals surface area contributed by atoms with Crippen molar-refractivity contribution in [3.63, 3.8) is 0 Å². The Morgan fingerprint density at radius 2 is 2.27 bits per heavy atom. The van der Waals surface area contributed by atoms with Gasteiger partial charge in [-0.05, 0) is 36.6 Å². The highest BCUT2D eigenvalue weighted by Gasteiger charge is 2.20. The van der Waals surface area contributed by atoms with Gasteiger partial charge in [-0.3, -0.25) is 0 Å². The standard InChI is InChI=1S/C12H13ClN2/c13-9-1-4-12-11(5-9)8(7-15-12)6-14-10-2-3-10/h1,4-5,7,10,14-15H,2-3,6H2. The number of halogens is 1. The Kier molecular flexibility index (Phi) is 2.19. The fraction of sp³-hybridized carbons (Fsp3) is 0.333. The summed E-state index contributed by atoms with van der Waals surface area (Å²) in [5, 5.41) is 5.54. The third kappa shape index (κ3) is 1.87. The second-order valence-electron chi connectivity index (χ2n) is 4.16. The number of aromatic nitrogens is 1. The first-order chi connectivity index (χ1) is 7.33. The van der Waals surface area contributed by atoms with Crippen molar-refractivity contribution in [2.45, 2.75) is 25.4 Å². The highest BCUT2D eigenvalue weighted by atomic mass is 35.5. The fourth-order valence-corrected chi connectivity index (χ4v) is 2.01. The molecule has 3 rings (SSSR count). The van der Waals surface area contributed by atoms with Crippen molar-refractivity contribution < 1.29 is 0 Å². The molecule has 1 aromatic carbocycles. The first-order valence-corrected chi connectivity index (χ1v) is 5.69. The fourth-order valence-electron chi connectivity index (χ4n) is 1.84. The summed E-state index contributed by atoms with van der Waals surface area (Å²) in [7, 11) is 0. The van der Waals surface area contributed by atoms with Gasteiger partial charge in [0.1, 0.15) is 0 Å². The molecule has 1 aliphatic carbocycles. The van der Waals surface area contributed by atoms with Crippen molar-refractivity contribution in [1.82, 2.24) is 10.3 Å². The monoisotopic (exact) mass is 220 g/mol. The molecule has 1 aliphatic rings. The first kappa shape index (κ1) is 9.25. The molecule has 0 aliphatic heterocycles. The largest absolute Gasteiger partial charge is 0.361 e. The Morgan fingerprint density at radius 1 is 1.40 bits per heavy atom.